The Morgan fingerprint density at radius 1 is 1.53 bits per heavy atom. The van der Waals surface area contributed by atoms with E-state index in [-0.39, 0.29) is 6.04 Å². The highest BCUT2D eigenvalue weighted by atomic mass is 32.1. The maximum absolute atomic E-state index is 11.7. The Balaban J connectivity index is 2.14. The number of ether oxygens (including phenoxy) is 1. The molecule has 0 spiro atoms. The normalized spacial score (nSPS) is 12.1. The van der Waals surface area contributed by atoms with Crippen molar-refractivity contribution in [3.05, 3.63) is 29.4 Å². The summed E-state index contributed by atoms with van der Waals surface area (Å²) >= 11 is 1.38. The smallest absolute Gasteiger partial charge is 0.360 e. The van der Waals surface area contributed by atoms with E-state index in [1.54, 1.807) is 24.8 Å². The first-order chi connectivity index (χ1) is 9.26. The molecule has 0 amide bonds. The minimum Gasteiger partial charge on any atom is -0.461 e. The maximum Gasteiger partial charge on any atom is 0.360 e. The fourth-order valence-electron chi connectivity index (χ4n) is 1.68. The summed E-state index contributed by atoms with van der Waals surface area (Å²) in [7, 11) is 0. The lowest BCUT2D eigenvalue weighted by molar-refractivity contribution is 0.0521. The first-order valence-electron chi connectivity index (χ1n) is 6.12. The van der Waals surface area contributed by atoms with Crippen molar-refractivity contribution in [1.82, 2.24) is 15.0 Å². The van der Waals surface area contributed by atoms with Gasteiger partial charge >= 0.3 is 5.97 Å². The van der Waals surface area contributed by atoms with E-state index in [2.05, 4.69) is 20.3 Å². The zero-order valence-corrected chi connectivity index (χ0v) is 11.7. The monoisotopic (exact) mass is 280 g/mol. The maximum atomic E-state index is 11.7. The standard InChI is InChI=1S/C12H16N4O2S/c1-3-8(10-13-5-6-14-10)16-11-9(15-7-19-11)12(17)18-4-2/h5-8,16H,3-4H2,1-2H3,(H,13,14). The van der Waals surface area contributed by atoms with E-state index in [1.807, 2.05) is 6.92 Å². The molecule has 19 heavy (non-hydrogen) atoms. The summed E-state index contributed by atoms with van der Waals surface area (Å²) in [5, 5.41) is 3.99. The van der Waals surface area contributed by atoms with Gasteiger partial charge in [-0.2, -0.15) is 0 Å². The molecular weight excluding hydrogens is 264 g/mol. The molecule has 6 nitrogen and oxygen atoms in total. The number of carbonyl (C=O) groups excluding carboxylic acids is 1. The minimum absolute atomic E-state index is 0.0172. The molecule has 1 atom stereocenters. The van der Waals surface area contributed by atoms with Gasteiger partial charge in [0.25, 0.3) is 0 Å². The number of anilines is 1. The van der Waals surface area contributed by atoms with Gasteiger partial charge in [-0.1, -0.05) is 6.92 Å². The highest BCUT2D eigenvalue weighted by molar-refractivity contribution is 7.14. The van der Waals surface area contributed by atoms with Crippen LogP contribution in [0.15, 0.2) is 17.9 Å². The predicted octanol–water partition coefficient (Wildman–Crippen LogP) is 2.61. The van der Waals surface area contributed by atoms with Gasteiger partial charge in [0.05, 0.1) is 18.2 Å². The van der Waals surface area contributed by atoms with Crippen molar-refractivity contribution in [2.24, 2.45) is 0 Å². The van der Waals surface area contributed by atoms with Crippen LogP contribution in [0.4, 0.5) is 5.00 Å². The Bertz CT molecular complexity index is 524. The van der Waals surface area contributed by atoms with Crippen molar-refractivity contribution < 1.29 is 9.53 Å². The van der Waals surface area contributed by atoms with Crippen LogP contribution >= 0.6 is 11.3 Å². The molecular formula is C12H16N4O2S. The lowest BCUT2D eigenvalue weighted by Crippen LogP contribution is -2.14. The second-order valence-corrected chi connectivity index (χ2v) is 4.68. The lowest BCUT2D eigenvalue weighted by atomic mass is 10.2. The highest BCUT2D eigenvalue weighted by Crippen LogP contribution is 2.26. The first kappa shape index (κ1) is 13.5. The van der Waals surface area contributed by atoms with Gasteiger partial charge in [0.1, 0.15) is 10.8 Å². The van der Waals surface area contributed by atoms with Crippen molar-refractivity contribution >= 4 is 22.3 Å². The number of thiazole rings is 1. The van der Waals surface area contributed by atoms with Gasteiger partial charge in [0, 0.05) is 12.4 Å². The molecule has 2 aromatic rings. The van der Waals surface area contributed by atoms with Crippen molar-refractivity contribution in [2.45, 2.75) is 26.3 Å². The molecule has 0 bridgehead atoms. The van der Waals surface area contributed by atoms with Gasteiger partial charge in [0.15, 0.2) is 5.69 Å². The number of aromatic nitrogens is 3. The predicted molar refractivity (Wildman–Crippen MR) is 73.3 cm³/mol. The number of nitrogens with zero attached hydrogens (tertiary/aromatic N) is 2. The number of rotatable bonds is 6. The van der Waals surface area contributed by atoms with E-state index in [4.69, 9.17) is 4.74 Å². The summed E-state index contributed by atoms with van der Waals surface area (Å²) in [6, 6.07) is 0.0172. The summed E-state index contributed by atoms with van der Waals surface area (Å²) in [5.74, 6) is 0.436. The Labute approximate surface area is 115 Å². The van der Waals surface area contributed by atoms with Gasteiger partial charge < -0.3 is 15.0 Å². The van der Waals surface area contributed by atoms with Crippen LogP contribution in [-0.2, 0) is 4.74 Å². The number of H-pyrrole nitrogens is 1. The zero-order valence-electron chi connectivity index (χ0n) is 10.8. The summed E-state index contributed by atoms with van der Waals surface area (Å²) in [4.78, 5) is 23.1. The summed E-state index contributed by atoms with van der Waals surface area (Å²) < 4.78 is 4.97. The summed E-state index contributed by atoms with van der Waals surface area (Å²) in [6.07, 6.45) is 4.32. The van der Waals surface area contributed by atoms with E-state index in [0.29, 0.717) is 17.3 Å². The van der Waals surface area contributed by atoms with Gasteiger partial charge in [-0.15, -0.1) is 11.3 Å². The molecule has 0 fully saturated rings. The fraction of sp³-hybridized carbons (Fsp3) is 0.417. The van der Waals surface area contributed by atoms with Gasteiger partial charge in [-0.25, -0.2) is 14.8 Å². The Kier molecular flexibility index (Phi) is 4.51. The fourth-order valence-corrected chi connectivity index (χ4v) is 2.40. The molecule has 1 unspecified atom stereocenters. The van der Waals surface area contributed by atoms with Crippen molar-refractivity contribution in [3.8, 4) is 0 Å². The Morgan fingerprint density at radius 2 is 2.37 bits per heavy atom. The Hall–Kier alpha value is -1.89. The second kappa shape index (κ2) is 6.33. The molecule has 2 N–H and O–H groups in total. The molecule has 0 aliphatic carbocycles. The van der Waals surface area contributed by atoms with Crippen LogP contribution in [0.5, 0.6) is 0 Å². The van der Waals surface area contributed by atoms with Gasteiger partial charge in [0.2, 0.25) is 0 Å². The third-order valence-electron chi connectivity index (χ3n) is 2.60. The van der Waals surface area contributed by atoms with E-state index in [9.17, 15) is 4.79 Å². The van der Waals surface area contributed by atoms with Gasteiger partial charge in [-0.05, 0) is 13.3 Å². The molecule has 7 heteroatoms. The first-order valence-corrected chi connectivity index (χ1v) is 7.00. The number of carbonyl (C=O) groups is 1. The molecule has 2 rings (SSSR count). The van der Waals surface area contributed by atoms with E-state index >= 15 is 0 Å². The van der Waals surface area contributed by atoms with Crippen molar-refractivity contribution in [1.29, 1.82) is 0 Å². The molecule has 0 aromatic carbocycles. The SMILES string of the molecule is CCOC(=O)c1ncsc1NC(CC)c1ncc[nH]1. The molecule has 0 aliphatic heterocycles. The molecule has 2 aromatic heterocycles. The number of esters is 1. The van der Waals surface area contributed by atoms with Crippen LogP contribution in [0.25, 0.3) is 0 Å². The largest absolute Gasteiger partial charge is 0.461 e. The molecule has 0 saturated heterocycles. The van der Waals surface area contributed by atoms with Gasteiger partial charge in [-0.3, -0.25) is 0 Å². The number of hydrogen-bond acceptors (Lipinski definition) is 6. The van der Waals surface area contributed by atoms with Crippen molar-refractivity contribution in [3.63, 3.8) is 0 Å². The van der Waals surface area contributed by atoms with E-state index in [1.165, 1.54) is 11.3 Å². The third-order valence-corrected chi connectivity index (χ3v) is 3.36. The number of nitrogens with one attached hydrogen (secondary N) is 2. The number of hydrogen-bond donors (Lipinski definition) is 2. The van der Waals surface area contributed by atoms with Crippen LogP contribution in [-0.4, -0.2) is 27.5 Å². The molecule has 0 radical (unpaired) electrons. The van der Waals surface area contributed by atoms with Crippen LogP contribution in [0.2, 0.25) is 0 Å². The molecule has 0 aliphatic rings. The number of aromatic amines is 1. The van der Waals surface area contributed by atoms with Crippen molar-refractivity contribution in [2.75, 3.05) is 11.9 Å². The van der Waals surface area contributed by atoms with Crippen LogP contribution in [0, 0.1) is 0 Å². The average molecular weight is 280 g/mol. The molecule has 2 heterocycles. The topological polar surface area (TPSA) is 79.9 Å². The molecule has 0 saturated carbocycles. The summed E-state index contributed by atoms with van der Waals surface area (Å²) in [5.41, 5.74) is 1.96. The number of imidazole rings is 1. The summed E-state index contributed by atoms with van der Waals surface area (Å²) in [6.45, 7) is 4.16. The van der Waals surface area contributed by atoms with Crippen LogP contribution < -0.4 is 5.32 Å². The van der Waals surface area contributed by atoms with E-state index in [0.717, 1.165) is 12.2 Å². The average Bonchev–Trinajstić information content (AvgIpc) is 3.07. The minimum atomic E-state index is -0.402. The molecule has 102 valence electrons. The quantitative estimate of drug-likeness (QED) is 0.795. The highest BCUT2D eigenvalue weighted by Gasteiger charge is 2.20. The zero-order chi connectivity index (χ0) is 13.7. The third kappa shape index (κ3) is 3.11. The lowest BCUT2D eigenvalue weighted by Gasteiger charge is -2.15. The van der Waals surface area contributed by atoms with Crippen LogP contribution in [0.3, 0.4) is 0 Å². The van der Waals surface area contributed by atoms with E-state index < -0.39 is 5.97 Å². The Morgan fingerprint density at radius 3 is 3.00 bits per heavy atom. The van der Waals surface area contributed by atoms with Crippen LogP contribution in [0.1, 0.15) is 42.6 Å². The second-order valence-electron chi connectivity index (χ2n) is 3.83.